The topological polar surface area (TPSA) is 33.1 Å². The summed E-state index contributed by atoms with van der Waals surface area (Å²) in [6.45, 7) is 2.16. The fourth-order valence-corrected chi connectivity index (χ4v) is 1.77. The van der Waals surface area contributed by atoms with Gasteiger partial charge >= 0.3 is 0 Å². The van der Waals surface area contributed by atoms with Crippen LogP contribution in [0.4, 0.5) is 0 Å². The molecule has 0 aromatic carbocycles. The van der Waals surface area contributed by atoms with Crippen molar-refractivity contribution in [2.24, 2.45) is 0 Å². The molecule has 0 aliphatic carbocycles. The summed E-state index contributed by atoms with van der Waals surface area (Å²) in [6, 6.07) is 0. The van der Waals surface area contributed by atoms with E-state index in [4.69, 9.17) is 0 Å². The maximum Gasteiger partial charge on any atom is 0.121 e. The van der Waals surface area contributed by atoms with Crippen molar-refractivity contribution in [1.82, 2.24) is 4.98 Å². The van der Waals surface area contributed by atoms with E-state index in [2.05, 4.69) is 11.9 Å². The molecule has 0 radical (unpaired) electrons. The summed E-state index contributed by atoms with van der Waals surface area (Å²) in [4.78, 5) is 4.06. The van der Waals surface area contributed by atoms with E-state index in [0.29, 0.717) is 0 Å². The van der Waals surface area contributed by atoms with E-state index >= 15 is 0 Å². The van der Waals surface area contributed by atoms with Gasteiger partial charge < -0.3 is 5.11 Å². The molecule has 0 aliphatic heterocycles. The third-order valence-corrected chi connectivity index (χ3v) is 2.69. The van der Waals surface area contributed by atoms with Gasteiger partial charge in [0, 0.05) is 11.6 Å². The molecule has 1 aromatic heterocycles. The first kappa shape index (κ1) is 9.68. The normalized spacial score (nSPS) is 13.2. The molecule has 0 bridgehead atoms. The first-order chi connectivity index (χ1) is 5.84. The highest BCUT2D eigenvalue weighted by molar-refractivity contribution is 7.09. The molecule has 1 heterocycles. The second-order valence-corrected chi connectivity index (χ2v) is 3.81. The van der Waals surface area contributed by atoms with Gasteiger partial charge in [-0.15, -0.1) is 11.3 Å². The molecule has 0 fully saturated rings. The zero-order valence-corrected chi connectivity index (χ0v) is 8.18. The lowest BCUT2D eigenvalue weighted by molar-refractivity contribution is 0.163. The third-order valence-electron chi connectivity index (χ3n) is 1.82. The van der Waals surface area contributed by atoms with Crippen molar-refractivity contribution in [3.8, 4) is 0 Å². The standard InChI is InChI=1S/C9H15NOS/c1-2-3-4-5-8(11)9-10-6-7-12-9/h6-8,11H,2-5H2,1H3. The molecule has 1 rings (SSSR count). The molecule has 1 atom stereocenters. The molecule has 1 N–H and O–H groups in total. The van der Waals surface area contributed by atoms with Gasteiger partial charge in [0.2, 0.25) is 0 Å². The lowest BCUT2D eigenvalue weighted by Crippen LogP contribution is -1.95. The molecule has 1 unspecified atom stereocenters. The number of aromatic nitrogens is 1. The minimum Gasteiger partial charge on any atom is -0.386 e. The zero-order chi connectivity index (χ0) is 8.81. The van der Waals surface area contributed by atoms with E-state index in [0.717, 1.165) is 17.8 Å². The Hall–Kier alpha value is -0.410. The van der Waals surface area contributed by atoms with Crippen molar-refractivity contribution in [1.29, 1.82) is 0 Å². The number of unbranched alkanes of at least 4 members (excludes halogenated alkanes) is 2. The van der Waals surface area contributed by atoms with E-state index in [1.54, 1.807) is 6.20 Å². The van der Waals surface area contributed by atoms with Crippen molar-refractivity contribution in [2.75, 3.05) is 0 Å². The highest BCUT2D eigenvalue weighted by atomic mass is 32.1. The van der Waals surface area contributed by atoms with Crippen molar-refractivity contribution in [3.05, 3.63) is 16.6 Å². The number of rotatable bonds is 5. The van der Waals surface area contributed by atoms with Crippen molar-refractivity contribution in [2.45, 2.75) is 38.7 Å². The van der Waals surface area contributed by atoms with E-state index in [1.807, 2.05) is 5.38 Å². The van der Waals surface area contributed by atoms with E-state index in [1.165, 1.54) is 24.2 Å². The number of nitrogens with zero attached hydrogens (tertiary/aromatic N) is 1. The summed E-state index contributed by atoms with van der Waals surface area (Å²) in [5, 5.41) is 12.3. The van der Waals surface area contributed by atoms with Crippen LogP contribution in [-0.4, -0.2) is 10.1 Å². The van der Waals surface area contributed by atoms with Crippen molar-refractivity contribution in [3.63, 3.8) is 0 Å². The number of hydrogen-bond acceptors (Lipinski definition) is 3. The molecular weight excluding hydrogens is 170 g/mol. The van der Waals surface area contributed by atoms with Crippen LogP contribution in [0, 0.1) is 0 Å². The number of thiazole rings is 1. The fraction of sp³-hybridized carbons (Fsp3) is 0.667. The van der Waals surface area contributed by atoms with Gasteiger partial charge in [0.25, 0.3) is 0 Å². The first-order valence-electron chi connectivity index (χ1n) is 4.42. The molecule has 0 saturated carbocycles. The van der Waals surface area contributed by atoms with Gasteiger partial charge in [-0.25, -0.2) is 4.98 Å². The molecule has 68 valence electrons. The molecule has 1 aromatic rings. The number of aliphatic hydroxyl groups is 1. The predicted molar refractivity (Wildman–Crippen MR) is 51.2 cm³/mol. The van der Waals surface area contributed by atoms with Gasteiger partial charge in [-0.2, -0.15) is 0 Å². The van der Waals surface area contributed by atoms with Crippen LogP contribution in [0.1, 0.15) is 43.7 Å². The van der Waals surface area contributed by atoms with Crippen molar-refractivity contribution < 1.29 is 5.11 Å². The quantitative estimate of drug-likeness (QED) is 0.715. The SMILES string of the molecule is CCCCCC(O)c1nccs1. The monoisotopic (exact) mass is 185 g/mol. The van der Waals surface area contributed by atoms with Gasteiger partial charge in [0.15, 0.2) is 0 Å². The van der Waals surface area contributed by atoms with E-state index in [9.17, 15) is 5.11 Å². The van der Waals surface area contributed by atoms with E-state index in [-0.39, 0.29) is 6.10 Å². The minimum absolute atomic E-state index is 0.337. The molecule has 0 aliphatic rings. The van der Waals surface area contributed by atoms with Crippen LogP contribution in [-0.2, 0) is 0 Å². The summed E-state index contributed by atoms with van der Waals surface area (Å²) < 4.78 is 0. The number of aliphatic hydroxyl groups excluding tert-OH is 1. The fourth-order valence-electron chi connectivity index (χ4n) is 1.11. The molecule has 0 spiro atoms. The molecule has 3 heteroatoms. The zero-order valence-electron chi connectivity index (χ0n) is 7.36. The van der Waals surface area contributed by atoms with Crippen molar-refractivity contribution >= 4 is 11.3 Å². The first-order valence-corrected chi connectivity index (χ1v) is 5.30. The molecule has 12 heavy (non-hydrogen) atoms. The average Bonchev–Trinajstić information content (AvgIpc) is 2.56. The molecular formula is C9H15NOS. The minimum atomic E-state index is -0.337. The summed E-state index contributed by atoms with van der Waals surface area (Å²) in [6.07, 6.45) is 5.74. The van der Waals surface area contributed by atoms with Gasteiger partial charge in [-0.05, 0) is 6.42 Å². The van der Waals surface area contributed by atoms with Gasteiger partial charge in [0.05, 0.1) is 0 Å². The highest BCUT2D eigenvalue weighted by Gasteiger charge is 2.08. The Morgan fingerprint density at radius 3 is 3.00 bits per heavy atom. The maximum atomic E-state index is 9.58. The van der Waals surface area contributed by atoms with Gasteiger partial charge in [-0.1, -0.05) is 26.2 Å². The third kappa shape index (κ3) is 2.91. The van der Waals surface area contributed by atoms with Crippen LogP contribution < -0.4 is 0 Å². The molecule has 0 saturated heterocycles. The number of hydrogen-bond donors (Lipinski definition) is 1. The largest absolute Gasteiger partial charge is 0.386 e. The van der Waals surface area contributed by atoms with Gasteiger partial charge in [-0.3, -0.25) is 0 Å². The Kier molecular flexibility index (Phi) is 4.25. The van der Waals surface area contributed by atoms with Crippen LogP contribution in [0.3, 0.4) is 0 Å². The summed E-state index contributed by atoms with van der Waals surface area (Å²) in [5.41, 5.74) is 0. The smallest absolute Gasteiger partial charge is 0.121 e. The summed E-state index contributed by atoms with van der Waals surface area (Å²) in [7, 11) is 0. The average molecular weight is 185 g/mol. The second kappa shape index (κ2) is 5.27. The summed E-state index contributed by atoms with van der Waals surface area (Å²) in [5.74, 6) is 0. The van der Waals surface area contributed by atoms with Gasteiger partial charge in [0.1, 0.15) is 11.1 Å². The van der Waals surface area contributed by atoms with Crippen LogP contribution in [0.2, 0.25) is 0 Å². The Bertz CT molecular complexity index is 198. The second-order valence-electron chi connectivity index (χ2n) is 2.88. The Morgan fingerprint density at radius 1 is 1.58 bits per heavy atom. The Labute approximate surface area is 77.3 Å². The van der Waals surface area contributed by atoms with E-state index < -0.39 is 0 Å². The Morgan fingerprint density at radius 2 is 2.42 bits per heavy atom. The lowest BCUT2D eigenvalue weighted by Gasteiger charge is -2.05. The predicted octanol–water partition coefficient (Wildman–Crippen LogP) is 2.76. The Balaban J connectivity index is 2.25. The summed E-state index contributed by atoms with van der Waals surface area (Å²) >= 11 is 1.53. The lowest BCUT2D eigenvalue weighted by atomic mass is 10.1. The maximum absolute atomic E-state index is 9.58. The van der Waals surface area contributed by atoms with Crippen LogP contribution in [0.15, 0.2) is 11.6 Å². The highest BCUT2D eigenvalue weighted by Crippen LogP contribution is 2.20. The van der Waals surface area contributed by atoms with Crippen LogP contribution in [0.25, 0.3) is 0 Å². The van der Waals surface area contributed by atoms with Crippen LogP contribution in [0.5, 0.6) is 0 Å². The van der Waals surface area contributed by atoms with Crippen LogP contribution >= 0.6 is 11.3 Å². The molecule has 2 nitrogen and oxygen atoms in total. The molecule has 0 amide bonds.